The van der Waals surface area contributed by atoms with Crippen LogP contribution in [0.5, 0.6) is 5.75 Å². The summed E-state index contributed by atoms with van der Waals surface area (Å²) in [6.45, 7) is 5.57. The van der Waals surface area contributed by atoms with E-state index in [9.17, 15) is 9.59 Å². The molecular weight excluding hydrogens is 633 g/mol. The molecule has 0 radical (unpaired) electrons. The molecule has 5 N–H and O–H groups in total. The van der Waals surface area contributed by atoms with Gasteiger partial charge in [-0.25, -0.2) is 0 Å². The van der Waals surface area contributed by atoms with E-state index in [1.165, 1.54) is 83.5 Å². The van der Waals surface area contributed by atoms with Crippen molar-refractivity contribution in [1.82, 2.24) is 10.2 Å². The maximum absolute atomic E-state index is 12.4. The highest BCUT2D eigenvalue weighted by molar-refractivity contribution is 5.98. The number of carbonyl (C=O) groups excluding carboxylic acids is 2. The van der Waals surface area contributed by atoms with E-state index in [2.05, 4.69) is 12.2 Å². The van der Waals surface area contributed by atoms with E-state index in [0.29, 0.717) is 26.2 Å². The molecule has 0 aliphatic carbocycles. The number of nitrogens with two attached hydrogens (primary N) is 2. The first-order valence-corrected chi connectivity index (χ1v) is 19.9. The summed E-state index contributed by atoms with van der Waals surface area (Å²) in [7, 11) is 0. The third-order valence-electron chi connectivity index (χ3n) is 9.58. The van der Waals surface area contributed by atoms with Crippen molar-refractivity contribution in [3.63, 3.8) is 0 Å². The Bertz CT molecular complexity index is 1350. The molecule has 1 atom stereocenters. The predicted octanol–water partition coefficient (Wildman–Crippen LogP) is 9.46. The van der Waals surface area contributed by atoms with Crippen molar-refractivity contribution in [2.24, 2.45) is 11.5 Å². The number of hydrogen-bond donors (Lipinski definition) is 3. The highest BCUT2D eigenvalue weighted by Gasteiger charge is 2.26. The molecule has 7 nitrogen and oxygen atoms in total. The Labute approximate surface area is 308 Å². The van der Waals surface area contributed by atoms with Gasteiger partial charge in [-0.15, -0.1) is 0 Å². The lowest BCUT2D eigenvalue weighted by molar-refractivity contribution is -0.122. The van der Waals surface area contributed by atoms with Crippen molar-refractivity contribution in [3.05, 3.63) is 101 Å². The summed E-state index contributed by atoms with van der Waals surface area (Å²) < 4.78 is 5.81. The molecule has 4 rings (SSSR count). The summed E-state index contributed by atoms with van der Waals surface area (Å²) in [5.74, 6) is 0.945. The Morgan fingerprint density at radius 1 is 0.725 bits per heavy atom. The predicted molar refractivity (Wildman–Crippen MR) is 211 cm³/mol. The Morgan fingerprint density at radius 3 is 1.92 bits per heavy atom. The van der Waals surface area contributed by atoms with Gasteiger partial charge in [0.1, 0.15) is 12.4 Å². The molecular formula is C44H66N4O3. The van der Waals surface area contributed by atoms with Gasteiger partial charge < -0.3 is 26.4 Å². The first-order chi connectivity index (χ1) is 25.0. The number of carbonyl (C=O) groups is 2. The van der Waals surface area contributed by atoms with Crippen molar-refractivity contribution in [2.75, 3.05) is 13.1 Å². The largest absolute Gasteiger partial charge is 0.489 e. The fourth-order valence-corrected chi connectivity index (χ4v) is 6.40. The van der Waals surface area contributed by atoms with E-state index in [-0.39, 0.29) is 17.9 Å². The number of nitrogens with one attached hydrogen (secondary N) is 1. The average Bonchev–Trinajstić information content (AvgIpc) is 3.47. The van der Waals surface area contributed by atoms with E-state index < -0.39 is 0 Å². The second-order valence-electron chi connectivity index (χ2n) is 14.0. The highest BCUT2D eigenvalue weighted by Crippen LogP contribution is 2.25. The average molecular weight is 699 g/mol. The first-order valence-electron chi connectivity index (χ1n) is 19.9. The third kappa shape index (κ3) is 17.4. The number of ether oxygens (including phenoxy) is 1. The van der Waals surface area contributed by atoms with Crippen LogP contribution >= 0.6 is 0 Å². The molecule has 280 valence electrons. The van der Waals surface area contributed by atoms with E-state index in [1.54, 1.807) is 0 Å². The minimum atomic E-state index is -0.367. The molecule has 51 heavy (non-hydrogen) atoms. The summed E-state index contributed by atoms with van der Waals surface area (Å²) in [5, 5.41) is 2.96. The molecule has 0 bridgehead atoms. The van der Waals surface area contributed by atoms with E-state index in [4.69, 9.17) is 16.2 Å². The van der Waals surface area contributed by atoms with Gasteiger partial charge in [-0.3, -0.25) is 9.59 Å². The lowest BCUT2D eigenvalue weighted by atomic mass is 10.0. The zero-order valence-electron chi connectivity index (χ0n) is 31.5. The van der Waals surface area contributed by atoms with Gasteiger partial charge in [-0.2, -0.15) is 0 Å². The normalized spacial score (nSPS) is 12.6. The summed E-state index contributed by atoms with van der Waals surface area (Å²) in [6.07, 6.45) is 21.6. The van der Waals surface area contributed by atoms with Crippen LogP contribution in [-0.2, 0) is 24.5 Å². The molecule has 7 heteroatoms. The number of amides is 2. The zero-order chi connectivity index (χ0) is 36.4. The number of rotatable bonds is 25. The van der Waals surface area contributed by atoms with Gasteiger partial charge in [0.05, 0.1) is 6.04 Å². The monoisotopic (exact) mass is 699 g/mol. The smallest absolute Gasteiger partial charge is 0.254 e. The van der Waals surface area contributed by atoms with Crippen molar-refractivity contribution in [3.8, 4) is 5.75 Å². The fraction of sp³-hybridized carbons (Fsp3) is 0.545. The number of unbranched alkanes of at least 4 members (excludes halogenated alkanes) is 14. The second kappa shape index (κ2) is 26.1. The van der Waals surface area contributed by atoms with Crippen LogP contribution in [0.2, 0.25) is 0 Å². The molecule has 1 aliphatic heterocycles. The topological polar surface area (TPSA) is 111 Å². The Kier molecular flexibility index (Phi) is 21.4. The molecule has 1 heterocycles. The Hall–Kier alpha value is -3.68. The third-order valence-corrected chi connectivity index (χ3v) is 9.58. The minimum Gasteiger partial charge on any atom is -0.489 e. The maximum atomic E-state index is 12.4. The van der Waals surface area contributed by atoms with Gasteiger partial charge in [0.2, 0.25) is 5.91 Å². The molecule has 1 aliphatic rings. The quantitative estimate of drug-likeness (QED) is 0.0764. The van der Waals surface area contributed by atoms with Crippen LogP contribution in [0.1, 0.15) is 143 Å². The Balaban J connectivity index is 0.000000275. The molecule has 0 saturated heterocycles. The highest BCUT2D eigenvalue weighted by atomic mass is 16.5. The van der Waals surface area contributed by atoms with Crippen molar-refractivity contribution in [1.29, 1.82) is 0 Å². The molecule has 3 aromatic carbocycles. The fourth-order valence-electron chi connectivity index (χ4n) is 6.40. The first kappa shape index (κ1) is 41.7. The zero-order valence-corrected chi connectivity index (χ0v) is 31.5. The number of hydrogen-bond acceptors (Lipinski definition) is 5. The SMILES string of the molecule is CCCCCCCCCCCCCCCCNC(=O)[C@@H](N)CCCCN.O=C1c2ccccc2CN1Cc1ccc(OCc2ccccc2)cc1. The molecule has 2 amide bonds. The number of benzene rings is 3. The summed E-state index contributed by atoms with van der Waals surface area (Å²) in [4.78, 5) is 26.1. The van der Waals surface area contributed by atoms with E-state index in [0.717, 1.165) is 60.2 Å². The number of fused-ring (bicyclic) bond motifs is 1. The van der Waals surface area contributed by atoms with Crippen molar-refractivity contribution in [2.45, 2.75) is 142 Å². The van der Waals surface area contributed by atoms with E-state index >= 15 is 0 Å². The van der Waals surface area contributed by atoms with Crippen LogP contribution in [0.3, 0.4) is 0 Å². The minimum absolute atomic E-state index is 0.00304. The second-order valence-corrected chi connectivity index (χ2v) is 14.0. The lowest BCUT2D eigenvalue weighted by Gasteiger charge is -2.16. The summed E-state index contributed by atoms with van der Waals surface area (Å²) in [6, 6.07) is 25.5. The van der Waals surface area contributed by atoms with Crippen LogP contribution in [0.15, 0.2) is 78.9 Å². The van der Waals surface area contributed by atoms with Gasteiger partial charge in [0.15, 0.2) is 0 Å². The van der Waals surface area contributed by atoms with Crippen LogP contribution in [0.25, 0.3) is 0 Å². The molecule has 0 spiro atoms. The van der Waals surface area contributed by atoms with Crippen LogP contribution < -0.4 is 21.5 Å². The summed E-state index contributed by atoms with van der Waals surface area (Å²) in [5.41, 5.74) is 15.5. The standard InChI is InChI=1S/C22H47N3O.C22H19NO2/c1-2-3-4-5-6-7-8-9-10-11-12-13-14-17-20-25-22(26)21(24)18-15-16-19-23;24-22-21-9-5-4-8-19(21)15-23(22)14-17-10-12-20(13-11-17)25-16-18-6-2-1-3-7-18/h21H,2-20,23-24H2,1H3,(H,25,26);1-13H,14-16H2/t21-;/m0./s1. The van der Waals surface area contributed by atoms with Crippen LogP contribution in [0, 0.1) is 0 Å². The Morgan fingerprint density at radius 2 is 1.31 bits per heavy atom. The molecule has 0 aromatic heterocycles. The van der Waals surface area contributed by atoms with E-state index in [1.807, 2.05) is 83.8 Å². The number of nitrogens with zero attached hydrogens (tertiary/aromatic N) is 1. The molecule has 0 fully saturated rings. The van der Waals surface area contributed by atoms with Crippen molar-refractivity contribution < 1.29 is 14.3 Å². The lowest BCUT2D eigenvalue weighted by Crippen LogP contribution is -2.40. The molecule has 0 saturated carbocycles. The molecule has 3 aromatic rings. The van der Waals surface area contributed by atoms with Gasteiger partial charge >= 0.3 is 0 Å². The maximum Gasteiger partial charge on any atom is 0.254 e. The van der Waals surface area contributed by atoms with Crippen molar-refractivity contribution >= 4 is 11.8 Å². The summed E-state index contributed by atoms with van der Waals surface area (Å²) >= 11 is 0. The molecule has 0 unspecified atom stereocenters. The van der Waals surface area contributed by atoms with Gasteiger partial charge in [-0.05, 0) is 60.7 Å². The van der Waals surface area contributed by atoms with Gasteiger partial charge in [0.25, 0.3) is 5.91 Å². The van der Waals surface area contributed by atoms with Crippen LogP contribution in [0.4, 0.5) is 0 Å². The van der Waals surface area contributed by atoms with Gasteiger partial charge in [-0.1, -0.05) is 157 Å². The van der Waals surface area contributed by atoms with Gasteiger partial charge in [0, 0.05) is 25.2 Å². The van der Waals surface area contributed by atoms with Crippen LogP contribution in [-0.4, -0.2) is 35.8 Å².